The number of nitrogens with one attached hydrogen (secondary N) is 2. The number of fused-ring (bicyclic) bond motifs is 1. The number of para-hydroxylation sites is 1. The van der Waals surface area contributed by atoms with Gasteiger partial charge in [-0.2, -0.15) is 13.2 Å². The molecule has 1 saturated carbocycles. The minimum atomic E-state index is -4.49. The van der Waals surface area contributed by atoms with E-state index >= 15 is 0 Å². The second-order valence-corrected chi connectivity index (χ2v) is 6.97. The van der Waals surface area contributed by atoms with Gasteiger partial charge in [-0.25, -0.2) is 4.98 Å². The van der Waals surface area contributed by atoms with Crippen LogP contribution in [0.15, 0.2) is 48.7 Å². The number of amides is 1. The Labute approximate surface area is 165 Å². The van der Waals surface area contributed by atoms with Gasteiger partial charge in [0.2, 0.25) is 0 Å². The molecule has 29 heavy (non-hydrogen) atoms. The fourth-order valence-corrected chi connectivity index (χ4v) is 3.20. The third kappa shape index (κ3) is 4.31. The molecule has 1 fully saturated rings. The fourth-order valence-electron chi connectivity index (χ4n) is 3.20. The Morgan fingerprint density at radius 2 is 1.90 bits per heavy atom. The van der Waals surface area contributed by atoms with Crippen molar-refractivity contribution in [3.8, 4) is 0 Å². The zero-order valence-electron chi connectivity index (χ0n) is 15.5. The molecule has 150 valence electrons. The number of aromatic nitrogens is 2. The highest BCUT2D eigenvalue weighted by Crippen LogP contribution is 2.40. The first-order valence-corrected chi connectivity index (χ1v) is 9.37. The van der Waals surface area contributed by atoms with Gasteiger partial charge in [0.05, 0.1) is 16.6 Å². The summed E-state index contributed by atoms with van der Waals surface area (Å²) < 4.78 is 39.0. The van der Waals surface area contributed by atoms with Crippen molar-refractivity contribution >= 4 is 22.6 Å². The molecule has 0 aliphatic heterocycles. The SMILES string of the molecule is O=C(NCCNc1ncccc1C(F)(F)F)c1cc(C2CC2)nc2ccccc12. The second kappa shape index (κ2) is 7.69. The van der Waals surface area contributed by atoms with Crippen LogP contribution >= 0.6 is 0 Å². The van der Waals surface area contributed by atoms with E-state index in [9.17, 15) is 18.0 Å². The Balaban J connectivity index is 1.44. The summed E-state index contributed by atoms with van der Waals surface area (Å²) in [6.07, 6.45) is -1.06. The molecule has 1 aromatic carbocycles. The number of rotatable bonds is 6. The third-order valence-corrected chi connectivity index (χ3v) is 4.79. The van der Waals surface area contributed by atoms with Crippen molar-refractivity contribution in [2.75, 3.05) is 18.4 Å². The summed E-state index contributed by atoms with van der Waals surface area (Å²) >= 11 is 0. The summed E-state index contributed by atoms with van der Waals surface area (Å²) in [5.74, 6) is -0.123. The van der Waals surface area contributed by atoms with Crippen molar-refractivity contribution in [2.45, 2.75) is 24.9 Å². The lowest BCUT2D eigenvalue weighted by Crippen LogP contribution is -2.29. The highest BCUT2D eigenvalue weighted by molar-refractivity contribution is 6.06. The fraction of sp³-hybridized carbons (Fsp3) is 0.286. The maximum atomic E-state index is 13.0. The molecule has 0 spiro atoms. The molecule has 3 aromatic rings. The molecule has 1 aliphatic carbocycles. The molecule has 0 saturated heterocycles. The number of nitrogens with zero attached hydrogens (tertiary/aromatic N) is 2. The standard InChI is InChI=1S/C21H19F3N4O/c22-21(23,24)16-5-3-9-25-19(16)26-10-11-27-20(29)15-12-18(13-7-8-13)28-17-6-2-1-4-14(15)17/h1-6,9,12-13H,7-8,10-11H2,(H,25,26)(H,27,29). The summed E-state index contributed by atoms with van der Waals surface area (Å²) in [7, 11) is 0. The van der Waals surface area contributed by atoms with E-state index in [2.05, 4.69) is 20.6 Å². The molecule has 2 aromatic heterocycles. The monoisotopic (exact) mass is 400 g/mol. The number of hydrogen-bond donors (Lipinski definition) is 2. The second-order valence-electron chi connectivity index (χ2n) is 6.97. The number of alkyl halides is 3. The van der Waals surface area contributed by atoms with E-state index in [1.165, 1.54) is 12.3 Å². The number of benzene rings is 1. The van der Waals surface area contributed by atoms with Gasteiger partial charge in [0.1, 0.15) is 5.82 Å². The van der Waals surface area contributed by atoms with Gasteiger partial charge in [-0.05, 0) is 37.1 Å². The average Bonchev–Trinajstić information content (AvgIpc) is 3.55. The molecule has 0 bridgehead atoms. The molecule has 5 nitrogen and oxygen atoms in total. The van der Waals surface area contributed by atoms with E-state index in [1.807, 2.05) is 30.3 Å². The Morgan fingerprint density at radius 1 is 1.10 bits per heavy atom. The van der Waals surface area contributed by atoms with E-state index in [1.54, 1.807) is 0 Å². The van der Waals surface area contributed by atoms with E-state index < -0.39 is 11.7 Å². The summed E-state index contributed by atoms with van der Waals surface area (Å²) in [5, 5.41) is 6.17. The van der Waals surface area contributed by atoms with Crippen molar-refractivity contribution in [1.82, 2.24) is 15.3 Å². The van der Waals surface area contributed by atoms with Gasteiger partial charge in [0.15, 0.2) is 0 Å². The van der Waals surface area contributed by atoms with Crippen LogP contribution in [-0.2, 0) is 6.18 Å². The van der Waals surface area contributed by atoms with Crippen LogP contribution in [-0.4, -0.2) is 29.0 Å². The van der Waals surface area contributed by atoms with Crippen molar-refractivity contribution in [3.05, 3.63) is 65.5 Å². The summed E-state index contributed by atoms with van der Waals surface area (Å²) in [6.45, 7) is 0.270. The highest BCUT2D eigenvalue weighted by atomic mass is 19.4. The smallest absolute Gasteiger partial charge is 0.368 e. The predicted molar refractivity (Wildman–Crippen MR) is 104 cm³/mol. The van der Waals surface area contributed by atoms with E-state index in [4.69, 9.17) is 0 Å². The van der Waals surface area contributed by atoms with Gasteiger partial charge in [-0.1, -0.05) is 18.2 Å². The number of anilines is 1. The predicted octanol–water partition coefficient (Wildman–Crippen LogP) is 4.37. The molecule has 0 radical (unpaired) electrons. The Bertz CT molecular complexity index is 1050. The number of halogens is 3. The van der Waals surface area contributed by atoms with Crippen LogP contribution < -0.4 is 10.6 Å². The molecule has 2 heterocycles. The summed E-state index contributed by atoms with van der Waals surface area (Å²) in [6, 6.07) is 11.5. The van der Waals surface area contributed by atoms with Gasteiger partial charge in [-0.3, -0.25) is 9.78 Å². The third-order valence-electron chi connectivity index (χ3n) is 4.79. The van der Waals surface area contributed by atoms with Crippen LogP contribution in [0.1, 0.15) is 40.4 Å². The van der Waals surface area contributed by atoms with Crippen LogP contribution in [0, 0.1) is 0 Å². The molecule has 1 amide bonds. The molecular weight excluding hydrogens is 381 g/mol. The van der Waals surface area contributed by atoms with Gasteiger partial charge >= 0.3 is 6.18 Å². The Kier molecular flexibility index (Phi) is 5.08. The van der Waals surface area contributed by atoms with Crippen molar-refractivity contribution in [1.29, 1.82) is 0 Å². The zero-order chi connectivity index (χ0) is 20.4. The topological polar surface area (TPSA) is 66.9 Å². The highest BCUT2D eigenvalue weighted by Gasteiger charge is 2.34. The zero-order valence-corrected chi connectivity index (χ0v) is 15.5. The normalized spacial score (nSPS) is 14.0. The largest absolute Gasteiger partial charge is 0.419 e. The van der Waals surface area contributed by atoms with Crippen LogP contribution in [0.25, 0.3) is 10.9 Å². The molecule has 4 rings (SSSR count). The number of carbonyl (C=O) groups excluding carboxylic acids is 1. The first-order valence-electron chi connectivity index (χ1n) is 9.37. The lowest BCUT2D eigenvalue weighted by molar-refractivity contribution is -0.137. The quantitative estimate of drug-likeness (QED) is 0.603. The number of carbonyl (C=O) groups is 1. The summed E-state index contributed by atoms with van der Waals surface area (Å²) in [4.78, 5) is 21.1. The number of pyridine rings is 2. The van der Waals surface area contributed by atoms with Crippen molar-refractivity contribution in [3.63, 3.8) is 0 Å². The van der Waals surface area contributed by atoms with Gasteiger partial charge in [-0.15, -0.1) is 0 Å². The molecule has 1 aliphatic rings. The van der Waals surface area contributed by atoms with Gasteiger partial charge in [0.25, 0.3) is 5.91 Å². The van der Waals surface area contributed by atoms with Crippen LogP contribution in [0.3, 0.4) is 0 Å². The van der Waals surface area contributed by atoms with E-state index in [0.29, 0.717) is 11.5 Å². The van der Waals surface area contributed by atoms with Crippen molar-refractivity contribution < 1.29 is 18.0 Å². The first kappa shape index (κ1) is 19.2. The van der Waals surface area contributed by atoms with Gasteiger partial charge < -0.3 is 10.6 Å². The Hall–Kier alpha value is -3.16. The minimum Gasteiger partial charge on any atom is -0.368 e. The van der Waals surface area contributed by atoms with Crippen LogP contribution in [0.4, 0.5) is 19.0 Å². The van der Waals surface area contributed by atoms with E-state index in [-0.39, 0.29) is 24.8 Å². The molecule has 0 unspecified atom stereocenters. The maximum absolute atomic E-state index is 13.0. The van der Waals surface area contributed by atoms with Crippen LogP contribution in [0.5, 0.6) is 0 Å². The molecule has 0 atom stereocenters. The van der Waals surface area contributed by atoms with E-state index in [0.717, 1.165) is 35.5 Å². The van der Waals surface area contributed by atoms with Crippen LogP contribution in [0.2, 0.25) is 0 Å². The first-order chi connectivity index (χ1) is 13.9. The lowest BCUT2D eigenvalue weighted by Gasteiger charge is -2.14. The minimum absolute atomic E-state index is 0.115. The maximum Gasteiger partial charge on any atom is 0.419 e. The Morgan fingerprint density at radius 3 is 2.66 bits per heavy atom. The van der Waals surface area contributed by atoms with Gasteiger partial charge in [0, 0.05) is 36.3 Å². The number of hydrogen-bond acceptors (Lipinski definition) is 4. The van der Waals surface area contributed by atoms with Crippen molar-refractivity contribution in [2.24, 2.45) is 0 Å². The molecule has 8 heteroatoms. The molecular formula is C21H19F3N4O. The molecule has 2 N–H and O–H groups in total. The average molecular weight is 400 g/mol. The summed E-state index contributed by atoms with van der Waals surface area (Å²) in [5.41, 5.74) is 1.38. The lowest BCUT2D eigenvalue weighted by atomic mass is 10.1.